The van der Waals surface area contributed by atoms with E-state index < -0.39 is 0 Å². The highest BCUT2D eigenvalue weighted by Gasteiger charge is 2.12. The fourth-order valence-electron chi connectivity index (χ4n) is 2.54. The zero-order valence-electron chi connectivity index (χ0n) is 13.1. The number of nitrogens with zero attached hydrogens (tertiary/aromatic N) is 3. The van der Waals surface area contributed by atoms with E-state index in [1.807, 2.05) is 60.7 Å². The maximum atomic E-state index is 5.97. The minimum atomic E-state index is 0.534. The summed E-state index contributed by atoms with van der Waals surface area (Å²) in [7, 11) is 0. The van der Waals surface area contributed by atoms with Gasteiger partial charge in [0, 0.05) is 28.0 Å². The first-order chi connectivity index (χ1) is 12.3. The highest BCUT2D eigenvalue weighted by atomic mass is 35.5. The summed E-state index contributed by atoms with van der Waals surface area (Å²) in [5.74, 6) is 0.534. The van der Waals surface area contributed by atoms with Crippen LogP contribution in [-0.4, -0.2) is 20.2 Å². The van der Waals surface area contributed by atoms with Crippen LogP contribution in [0, 0.1) is 0 Å². The number of H-pyrrole nitrogens is 1. The molecule has 0 amide bonds. The average Bonchev–Trinajstić information content (AvgIpc) is 3.13. The van der Waals surface area contributed by atoms with Gasteiger partial charge in [0.05, 0.1) is 17.6 Å². The molecular formula is C19H14ClN5. The zero-order valence-corrected chi connectivity index (χ0v) is 13.9. The third kappa shape index (κ3) is 3.36. The molecular weight excluding hydrogens is 334 g/mol. The summed E-state index contributed by atoms with van der Waals surface area (Å²) in [6.07, 6.45) is 3.49. The molecule has 0 bridgehead atoms. The van der Waals surface area contributed by atoms with Crippen molar-refractivity contribution in [2.45, 2.75) is 0 Å². The molecule has 6 heteroatoms. The summed E-state index contributed by atoms with van der Waals surface area (Å²) < 4.78 is 0. The molecule has 2 aromatic carbocycles. The maximum absolute atomic E-state index is 5.97. The molecule has 4 rings (SSSR count). The molecule has 2 aromatic heterocycles. The first-order valence-electron chi connectivity index (χ1n) is 7.74. The number of hydrogen-bond donors (Lipinski definition) is 2. The Bertz CT molecular complexity index is 980. The van der Waals surface area contributed by atoms with Gasteiger partial charge < -0.3 is 5.32 Å². The smallest absolute Gasteiger partial charge is 0.227 e. The van der Waals surface area contributed by atoms with E-state index in [1.54, 1.807) is 12.4 Å². The number of aromatic amines is 1. The third-order valence-corrected chi connectivity index (χ3v) is 3.99. The Labute approximate surface area is 149 Å². The van der Waals surface area contributed by atoms with Gasteiger partial charge in [-0.15, -0.1) is 0 Å². The monoisotopic (exact) mass is 347 g/mol. The lowest BCUT2D eigenvalue weighted by Crippen LogP contribution is -1.97. The molecule has 0 unspecified atom stereocenters. The SMILES string of the molecule is Clc1ccc(-c2[nH]ncc2-c2ccnc(Nc3ccccc3)n2)cc1. The molecule has 0 spiro atoms. The number of anilines is 2. The van der Waals surface area contributed by atoms with Crippen molar-refractivity contribution in [2.24, 2.45) is 0 Å². The van der Waals surface area contributed by atoms with Crippen LogP contribution in [0.1, 0.15) is 0 Å². The van der Waals surface area contributed by atoms with Crippen LogP contribution in [0.25, 0.3) is 22.5 Å². The molecule has 5 nitrogen and oxygen atoms in total. The molecule has 4 aromatic rings. The van der Waals surface area contributed by atoms with Crippen molar-refractivity contribution in [3.05, 3.63) is 78.1 Å². The number of rotatable bonds is 4. The Morgan fingerprint density at radius 3 is 2.52 bits per heavy atom. The van der Waals surface area contributed by atoms with Gasteiger partial charge in [0.25, 0.3) is 0 Å². The Morgan fingerprint density at radius 2 is 1.72 bits per heavy atom. The number of aromatic nitrogens is 4. The third-order valence-electron chi connectivity index (χ3n) is 3.73. The van der Waals surface area contributed by atoms with Crippen molar-refractivity contribution in [1.82, 2.24) is 20.2 Å². The van der Waals surface area contributed by atoms with E-state index in [1.165, 1.54) is 0 Å². The van der Waals surface area contributed by atoms with Gasteiger partial charge >= 0.3 is 0 Å². The second-order valence-electron chi connectivity index (χ2n) is 5.42. The predicted molar refractivity (Wildman–Crippen MR) is 99.8 cm³/mol. The van der Waals surface area contributed by atoms with Crippen LogP contribution in [0.15, 0.2) is 73.1 Å². The lowest BCUT2D eigenvalue weighted by Gasteiger charge is -2.07. The van der Waals surface area contributed by atoms with E-state index in [0.29, 0.717) is 11.0 Å². The normalized spacial score (nSPS) is 10.6. The Kier molecular flexibility index (Phi) is 4.14. The molecule has 2 heterocycles. The van der Waals surface area contributed by atoms with Gasteiger partial charge in [-0.1, -0.05) is 41.9 Å². The van der Waals surface area contributed by atoms with Crippen molar-refractivity contribution in [3.8, 4) is 22.5 Å². The predicted octanol–water partition coefficient (Wildman–Crippen LogP) is 4.93. The van der Waals surface area contributed by atoms with E-state index in [0.717, 1.165) is 28.2 Å². The molecule has 2 N–H and O–H groups in total. The Morgan fingerprint density at radius 1 is 0.920 bits per heavy atom. The number of halogens is 1. The highest BCUT2D eigenvalue weighted by Crippen LogP contribution is 2.30. The molecule has 122 valence electrons. The van der Waals surface area contributed by atoms with Gasteiger partial charge in [0.2, 0.25) is 5.95 Å². The summed E-state index contributed by atoms with van der Waals surface area (Å²) in [5, 5.41) is 11.1. The fraction of sp³-hybridized carbons (Fsp3) is 0. The number of para-hydroxylation sites is 1. The topological polar surface area (TPSA) is 66.5 Å². The largest absolute Gasteiger partial charge is 0.324 e. The van der Waals surface area contributed by atoms with Crippen molar-refractivity contribution >= 4 is 23.2 Å². The van der Waals surface area contributed by atoms with E-state index >= 15 is 0 Å². The van der Waals surface area contributed by atoms with Crippen LogP contribution < -0.4 is 5.32 Å². The standard InChI is InChI=1S/C19H14ClN5/c20-14-8-6-13(7-9-14)18-16(12-22-25-18)17-10-11-21-19(24-17)23-15-4-2-1-3-5-15/h1-12H,(H,22,25)(H,21,23,24). The van der Waals surface area contributed by atoms with Crippen molar-refractivity contribution in [2.75, 3.05) is 5.32 Å². The van der Waals surface area contributed by atoms with Crippen LogP contribution >= 0.6 is 11.6 Å². The molecule has 0 fully saturated rings. The first kappa shape index (κ1) is 15.4. The van der Waals surface area contributed by atoms with Gasteiger partial charge in [-0.05, 0) is 30.3 Å². The second-order valence-corrected chi connectivity index (χ2v) is 5.86. The molecule has 0 saturated heterocycles. The van der Waals surface area contributed by atoms with Crippen LogP contribution in [0.3, 0.4) is 0 Å². The average molecular weight is 348 g/mol. The fourth-order valence-corrected chi connectivity index (χ4v) is 2.66. The Hall–Kier alpha value is -3.18. The van der Waals surface area contributed by atoms with E-state index in [4.69, 9.17) is 11.6 Å². The molecule has 0 aliphatic carbocycles. The van der Waals surface area contributed by atoms with Gasteiger partial charge in [-0.2, -0.15) is 5.10 Å². The van der Waals surface area contributed by atoms with Crippen molar-refractivity contribution in [1.29, 1.82) is 0 Å². The number of nitrogens with one attached hydrogen (secondary N) is 2. The second kappa shape index (κ2) is 6.75. The summed E-state index contributed by atoms with van der Waals surface area (Å²) in [5.41, 5.74) is 4.51. The Balaban J connectivity index is 1.68. The summed E-state index contributed by atoms with van der Waals surface area (Å²) in [4.78, 5) is 8.89. The van der Waals surface area contributed by atoms with E-state index in [-0.39, 0.29) is 0 Å². The summed E-state index contributed by atoms with van der Waals surface area (Å²) in [6, 6.07) is 19.3. The number of hydrogen-bond acceptors (Lipinski definition) is 4. The first-order valence-corrected chi connectivity index (χ1v) is 8.12. The lowest BCUT2D eigenvalue weighted by molar-refractivity contribution is 1.10. The molecule has 0 aliphatic rings. The van der Waals surface area contributed by atoms with Crippen LogP contribution in [0.4, 0.5) is 11.6 Å². The van der Waals surface area contributed by atoms with Crippen molar-refractivity contribution in [3.63, 3.8) is 0 Å². The minimum Gasteiger partial charge on any atom is -0.324 e. The van der Waals surface area contributed by atoms with E-state index in [2.05, 4.69) is 25.5 Å². The van der Waals surface area contributed by atoms with Crippen LogP contribution in [0.2, 0.25) is 5.02 Å². The summed E-state index contributed by atoms with van der Waals surface area (Å²) in [6.45, 7) is 0. The molecule has 0 radical (unpaired) electrons. The van der Waals surface area contributed by atoms with E-state index in [9.17, 15) is 0 Å². The lowest BCUT2D eigenvalue weighted by atomic mass is 10.1. The minimum absolute atomic E-state index is 0.534. The van der Waals surface area contributed by atoms with Crippen LogP contribution in [0.5, 0.6) is 0 Å². The zero-order chi connectivity index (χ0) is 17.1. The maximum Gasteiger partial charge on any atom is 0.227 e. The summed E-state index contributed by atoms with van der Waals surface area (Å²) >= 11 is 5.97. The molecule has 0 saturated carbocycles. The van der Waals surface area contributed by atoms with Gasteiger partial charge in [-0.3, -0.25) is 5.10 Å². The van der Waals surface area contributed by atoms with Crippen LogP contribution in [-0.2, 0) is 0 Å². The molecule has 0 atom stereocenters. The number of benzene rings is 2. The van der Waals surface area contributed by atoms with Gasteiger partial charge in [-0.25, -0.2) is 9.97 Å². The van der Waals surface area contributed by atoms with Gasteiger partial charge in [0.1, 0.15) is 0 Å². The van der Waals surface area contributed by atoms with Gasteiger partial charge in [0.15, 0.2) is 0 Å². The highest BCUT2D eigenvalue weighted by molar-refractivity contribution is 6.30. The molecule has 25 heavy (non-hydrogen) atoms. The quantitative estimate of drug-likeness (QED) is 0.549. The molecule has 0 aliphatic heterocycles. The van der Waals surface area contributed by atoms with Crippen molar-refractivity contribution < 1.29 is 0 Å².